The molecule has 0 amide bonds. The molecule has 1 N–H and O–H groups in total. The van der Waals surface area contributed by atoms with Gasteiger partial charge in [0.1, 0.15) is 29.2 Å². The van der Waals surface area contributed by atoms with Crippen molar-refractivity contribution in [2.24, 2.45) is 0 Å². The monoisotopic (exact) mass is 458 g/mol. The molecule has 0 spiro atoms. The molecular formula is C25H19ClN4O3. The van der Waals surface area contributed by atoms with Crippen molar-refractivity contribution in [3.63, 3.8) is 0 Å². The number of nitrogens with zero attached hydrogens (tertiary/aromatic N) is 3. The van der Waals surface area contributed by atoms with Gasteiger partial charge in [0.25, 0.3) is 0 Å². The summed E-state index contributed by atoms with van der Waals surface area (Å²) in [5, 5.41) is 4.62. The highest BCUT2D eigenvalue weighted by Crippen LogP contribution is 2.36. The Hall–Kier alpha value is -4.10. The van der Waals surface area contributed by atoms with Crippen LogP contribution in [-0.4, -0.2) is 29.2 Å². The van der Waals surface area contributed by atoms with E-state index in [9.17, 15) is 0 Å². The van der Waals surface area contributed by atoms with Gasteiger partial charge in [0, 0.05) is 17.3 Å². The van der Waals surface area contributed by atoms with Gasteiger partial charge in [0.15, 0.2) is 5.76 Å². The molecule has 8 heteroatoms. The summed E-state index contributed by atoms with van der Waals surface area (Å²) in [4.78, 5) is 13.2. The zero-order valence-corrected chi connectivity index (χ0v) is 18.6. The second-order valence-electron chi connectivity index (χ2n) is 7.16. The lowest BCUT2D eigenvalue weighted by Gasteiger charge is -2.13. The third kappa shape index (κ3) is 4.06. The van der Waals surface area contributed by atoms with Gasteiger partial charge in [-0.2, -0.15) is 0 Å². The van der Waals surface area contributed by atoms with Crippen LogP contribution in [-0.2, 0) is 0 Å². The molecule has 2 heterocycles. The lowest BCUT2D eigenvalue weighted by molar-refractivity contribution is 0.397. The van der Waals surface area contributed by atoms with Gasteiger partial charge >= 0.3 is 0 Å². The van der Waals surface area contributed by atoms with E-state index in [1.54, 1.807) is 32.5 Å². The first-order valence-electron chi connectivity index (χ1n) is 10.1. The molecule has 0 fully saturated rings. The van der Waals surface area contributed by atoms with Crippen molar-refractivity contribution in [1.29, 1.82) is 0 Å². The number of oxazole rings is 1. The number of ether oxygens (including phenoxy) is 2. The summed E-state index contributed by atoms with van der Waals surface area (Å²) in [6.45, 7) is 0. The van der Waals surface area contributed by atoms with Gasteiger partial charge < -0.3 is 19.2 Å². The van der Waals surface area contributed by atoms with E-state index in [1.165, 1.54) is 6.33 Å². The van der Waals surface area contributed by atoms with Crippen molar-refractivity contribution in [1.82, 2.24) is 15.0 Å². The molecule has 0 aliphatic carbocycles. The van der Waals surface area contributed by atoms with Gasteiger partial charge in [0.05, 0.1) is 36.4 Å². The SMILES string of the molecule is COc1cc(OC)c2ncnc(Nc3ccc(Cl)c(-c4ncc(-c5ccccc5)o4)c3)c2c1. The maximum atomic E-state index is 6.48. The lowest BCUT2D eigenvalue weighted by Crippen LogP contribution is -1.98. The molecule has 7 nitrogen and oxygen atoms in total. The molecule has 0 bridgehead atoms. The first kappa shape index (κ1) is 20.8. The summed E-state index contributed by atoms with van der Waals surface area (Å²) in [5.74, 6) is 2.93. The summed E-state index contributed by atoms with van der Waals surface area (Å²) in [6, 6.07) is 18.9. The lowest BCUT2D eigenvalue weighted by atomic mass is 10.1. The van der Waals surface area contributed by atoms with Crippen LogP contribution in [0, 0.1) is 0 Å². The smallest absolute Gasteiger partial charge is 0.228 e. The Kier molecular flexibility index (Phi) is 5.54. The largest absolute Gasteiger partial charge is 0.497 e. The van der Waals surface area contributed by atoms with Crippen LogP contribution in [0.15, 0.2) is 77.6 Å². The Morgan fingerprint density at radius 2 is 1.76 bits per heavy atom. The van der Waals surface area contributed by atoms with Gasteiger partial charge in [-0.1, -0.05) is 41.9 Å². The minimum atomic E-state index is 0.429. The molecule has 0 aliphatic heterocycles. The molecule has 0 saturated carbocycles. The van der Waals surface area contributed by atoms with Gasteiger partial charge in [-0.3, -0.25) is 0 Å². The average Bonchev–Trinajstić information content (AvgIpc) is 3.35. The van der Waals surface area contributed by atoms with Crippen molar-refractivity contribution in [2.45, 2.75) is 0 Å². The van der Waals surface area contributed by atoms with E-state index in [1.807, 2.05) is 48.5 Å². The summed E-state index contributed by atoms with van der Waals surface area (Å²) >= 11 is 6.48. The molecule has 0 unspecified atom stereocenters. The van der Waals surface area contributed by atoms with Crippen molar-refractivity contribution in [2.75, 3.05) is 19.5 Å². The van der Waals surface area contributed by atoms with Crippen LogP contribution >= 0.6 is 11.6 Å². The van der Waals surface area contributed by atoms with E-state index in [4.69, 9.17) is 25.5 Å². The molecule has 0 atom stereocenters. The average molecular weight is 459 g/mol. The molecule has 0 saturated heterocycles. The highest BCUT2D eigenvalue weighted by molar-refractivity contribution is 6.33. The van der Waals surface area contributed by atoms with Gasteiger partial charge in [0.2, 0.25) is 5.89 Å². The highest BCUT2D eigenvalue weighted by Gasteiger charge is 2.15. The Balaban J connectivity index is 1.52. The Morgan fingerprint density at radius 1 is 0.909 bits per heavy atom. The zero-order valence-electron chi connectivity index (χ0n) is 17.9. The summed E-state index contributed by atoms with van der Waals surface area (Å²) in [5.41, 5.74) is 3.04. The quantitative estimate of drug-likeness (QED) is 0.316. The fourth-order valence-electron chi connectivity index (χ4n) is 3.52. The molecular weight excluding hydrogens is 440 g/mol. The molecule has 3 aromatic carbocycles. The highest BCUT2D eigenvalue weighted by atomic mass is 35.5. The van der Waals surface area contributed by atoms with Crippen molar-refractivity contribution in [3.8, 4) is 34.3 Å². The molecule has 2 aromatic heterocycles. The number of hydrogen-bond donors (Lipinski definition) is 1. The third-order valence-electron chi connectivity index (χ3n) is 5.16. The van der Waals surface area contributed by atoms with Crippen LogP contribution in [0.1, 0.15) is 0 Å². The number of nitrogens with one attached hydrogen (secondary N) is 1. The van der Waals surface area contributed by atoms with E-state index >= 15 is 0 Å². The van der Waals surface area contributed by atoms with E-state index in [0.29, 0.717) is 45.1 Å². The summed E-state index contributed by atoms with van der Waals surface area (Å²) < 4.78 is 16.9. The van der Waals surface area contributed by atoms with Gasteiger partial charge in [-0.25, -0.2) is 15.0 Å². The first-order chi connectivity index (χ1) is 16.2. The van der Waals surface area contributed by atoms with Crippen LogP contribution < -0.4 is 14.8 Å². The normalized spacial score (nSPS) is 10.9. The molecule has 0 radical (unpaired) electrons. The standard InChI is InChI=1S/C25H19ClN4O3/c1-31-17-11-19-23(21(12-17)32-2)28-14-29-24(19)30-16-8-9-20(26)18(10-16)25-27-13-22(33-25)15-6-4-3-5-7-15/h3-14H,1-2H3,(H,28,29,30). The zero-order chi connectivity index (χ0) is 22.8. The van der Waals surface area contributed by atoms with Gasteiger partial charge in [-0.15, -0.1) is 0 Å². The minimum absolute atomic E-state index is 0.429. The van der Waals surface area contributed by atoms with Crippen LogP contribution in [0.25, 0.3) is 33.7 Å². The van der Waals surface area contributed by atoms with Crippen molar-refractivity contribution < 1.29 is 13.9 Å². The number of aromatic nitrogens is 3. The van der Waals surface area contributed by atoms with Gasteiger partial charge in [-0.05, 0) is 24.3 Å². The third-order valence-corrected chi connectivity index (χ3v) is 5.49. The molecule has 33 heavy (non-hydrogen) atoms. The van der Waals surface area contributed by atoms with E-state index < -0.39 is 0 Å². The Morgan fingerprint density at radius 3 is 2.55 bits per heavy atom. The number of fused-ring (bicyclic) bond motifs is 1. The molecule has 5 aromatic rings. The molecule has 164 valence electrons. The Labute approximate surface area is 195 Å². The topological polar surface area (TPSA) is 82.3 Å². The Bertz CT molecular complexity index is 1440. The van der Waals surface area contributed by atoms with Crippen LogP contribution in [0.2, 0.25) is 5.02 Å². The number of anilines is 2. The first-order valence-corrected chi connectivity index (χ1v) is 10.5. The number of rotatable bonds is 6. The number of halogens is 1. The van der Waals surface area contributed by atoms with Crippen LogP contribution in [0.3, 0.4) is 0 Å². The number of benzene rings is 3. The summed E-state index contributed by atoms with van der Waals surface area (Å²) in [7, 11) is 3.19. The van der Waals surface area contributed by atoms with Crippen molar-refractivity contribution in [3.05, 3.63) is 78.2 Å². The molecule has 5 rings (SSSR count). The van der Waals surface area contributed by atoms with E-state index in [-0.39, 0.29) is 0 Å². The van der Waals surface area contributed by atoms with Crippen molar-refractivity contribution >= 4 is 34.0 Å². The number of methoxy groups -OCH3 is 2. The van der Waals surface area contributed by atoms with E-state index in [0.717, 1.165) is 16.6 Å². The maximum absolute atomic E-state index is 6.48. The van der Waals surface area contributed by atoms with E-state index in [2.05, 4.69) is 20.3 Å². The van der Waals surface area contributed by atoms with Crippen LogP contribution in [0.4, 0.5) is 11.5 Å². The predicted molar refractivity (Wildman–Crippen MR) is 128 cm³/mol. The maximum Gasteiger partial charge on any atom is 0.228 e. The fraction of sp³-hybridized carbons (Fsp3) is 0.0800. The fourth-order valence-corrected chi connectivity index (χ4v) is 3.72. The minimum Gasteiger partial charge on any atom is -0.497 e. The second kappa shape index (κ2) is 8.80. The molecule has 0 aliphatic rings. The predicted octanol–water partition coefficient (Wildman–Crippen LogP) is 6.37. The second-order valence-corrected chi connectivity index (χ2v) is 7.57. The summed E-state index contributed by atoms with van der Waals surface area (Å²) in [6.07, 6.45) is 3.17. The number of hydrogen-bond acceptors (Lipinski definition) is 7. The van der Waals surface area contributed by atoms with Crippen LogP contribution in [0.5, 0.6) is 11.5 Å².